The molecule has 0 aromatic heterocycles. The fraction of sp³-hybridized carbons (Fsp3) is 0.300. The Morgan fingerprint density at radius 1 is 1.21 bits per heavy atom. The molecule has 1 aromatic rings. The van der Waals surface area contributed by atoms with Gasteiger partial charge in [0.25, 0.3) is 0 Å². The maximum atomic E-state index is 12.3. The van der Waals surface area contributed by atoms with Gasteiger partial charge in [-0.3, -0.25) is 0 Å². The highest BCUT2D eigenvalue weighted by Gasteiger charge is 2.31. The second-order valence-electron chi connectivity index (χ2n) is 3.13. The second-order valence-corrected chi connectivity index (χ2v) is 3.13. The van der Waals surface area contributed by atoms with E-state index in [9.17, 15) is 13.2 Å². The van der Waals surface area contributed by atoms with E-state index in [2.05, 4.69) is 0 Å². The van der Waals surface area contributed by atoms with Gasteiger partial charge >= 0.3 is 6.18 Å². The fourth-order valence-electron chi connectivity index (χ4n) is 1.41. The van der Waals surface area contributed by atoms with Crippen LogP contribution in [0.5, 0.6) is 0 Å². The summed E-state index contributed by atoms with van der Waals surface area (Å²) in [7, 11) is 0. The molecule has 0 N–H and O–H groups in total. The summed E-state index contributed by atoms with van der Waals surface area (Å²) in [6.45, 7) is 0.776. The molecule has 1 aromatic carbocycles. The highest BCUT2D eigenvalue weighted by molar-refractivity contribution is 5.38. The third-order valence-corrected chi connectivity index (χ3v) is 2.15. The third-order valence-electron chi connectivity index (χ3n) is 2.15. The Morgan fingerprint density at radius 3 is 2.71 bits per heavy atom. The first-order valence-electron chi connectivity index (χ1n) is 4.18. The number of hydrogen-bond donors (Lipinski definition) is 0. The first-order chi connectivity index (χ1) is 6.57. The summed E-state index contributed by atoms with van der Waals surface area (Å²) in [5.74, 6) is 0. The molecule has 2 rings (SSSR count). The van der Waals surface area contributed by atoms with Crippen molar-refractivity contribution in [3.63, 3.8) is 0 Å². The van der Waals surface area contributed by atoms with Crippen LogP contribution < -0.4 is 0 Å². The molecule has 0 atom stereocenters. The van der Waals surface area contributed by atoms with Gasteiger partial charge < -0.3 is 4.74 Å². The van der Waals surface area contributed by atoms with Crippen LogP contribution >= 0.6 is 0 Å². The fourth-order valence-corrected chi connectivity index (χ4v) is 1.41. The molecule has 1 heterocycles. The van der Waals surface area contributed by atoms with Crippen molar-refractivity contribution in [2.24, 2.45) is 0 Å². The molecule has 4 heteroatoms. The Bertz CT molecular complexity index is 344. The van der Waals surface area contributed by atoms with Crippen molar-refractivity contribution in [2.45, 2.75) is 12.8 Å². The Morgan fingerprint density at radius 2 is 2.00 bits per heavy atom. The third kappa shape index (κ3) is 1.75. The van der Waals surface area contributed by atoms with Crippen LogP contribution in [0.25, 0.3) is 0 Å². The molecule has 0 aliphatic carbocycles. The van der Waals surface area contributed by atoms with E-state index in [-0.39, 0.29) is 0 Å². The molecule has 0 saturated carbocycles. The number of fused-ring (bicyclic) bond motifs is 1. The largest absolute Gasteiger partial charge is 0.416 e. The Hall–Kier alpha value is -1.03. The van der Waals surface area contributed by atoms with Gasteiger partial charge in [0.05, 0.1) is 18.8 Å². The molecule has 0 amide bonds. The van der Waals surface area contributed by atoms with Crippen LogP contribution in [0.2, 0.25) is 0 Å². The van der Waals surface area contributed by atoms with E-state index in [1.54, 1.807) is 6.42 Å². The van der Waals surface area contributed by atoms with E-state index in [1.165, 1.54) is 6.07 Å². The lowest BCUT2D eigenvalue weighted by atomic mass is 10.0. The van der Waals surface area contributed by atoms with Crippen molar-refractivity contribution in [2.75, 3.05) is 6.61 Å². The molecule has 0 unspecified atom stereocenters. The van der Waals surface area contributed by atoms with Gasteiger partial charge in [0.1, 0.15) is 0 Å². The molecule has 0 saturated heterocycles. The zero-order chi connectivity index (χ0) is 10.2. The zero-order valence-corrected chi connectivity index (χ0v) is 7.27. The number of halogens is 3. The monoisotopic (exact) mass is 201 g/mol. The quantitative estimate of drug-likeness (QED) is 0.627. The van der Waals surface area contributed by atoms with Gasteiger partial charge in [0, 0.05) is 6.42 Å². The molecule has 1 radical (unpaired) electrons. The lowest BCUT2D eigenvalue weighted by molar-refractivity contribution is -0.137. The van der Waals surface area contributed by atoms with Crippen molar-refractivity contribution < 1.29 is 17.9 Å². The first-order valence-corrected chi connectivity index (χ1v) is 4.18. The van der Waals surface area contributed by atoms with Crippen LogP contribution in [0.3, 0.4) is 0 Å². The van der Waals surface area contributed by atoms with E-state index >= 15 is 0 Å². The van der Waals surface area contributed by atoms with E-state index < -0.39 is 11.7 Å². The average Bonchev–Trinajstić information content (AvgIpc) is 2.16. The predicted molar refractivity (Wildman–Crippen MR) is 44.5 cm³/mol. The zero-order valence-electron chi connectivity index (χ0n) is 7.27. The van der Waals surface area contributed by atoms with E-state index in [0.717, 1.165) is 17.7 Å². The van der Waals surface area contributed by atoms with Crippen molar-refractivity contribution in [1.29, 1.82) is 0 Å². The standard InChI is InChI=1S/C10H8F3O/c11-10(12,13)9-2-1-8-6-14-4-3-7(8)5-9/h1-3,5H,4,6H2. The van der Waals surface area contributed by atoms with Crippen LogP contribution in [0, 0.1) is 6.42 Å². The second kappa shape index (κ2) is 3.28. The van der Waals surface area contributed by atoms with Crippen LogP contribution in [-0.2, 0) is 17.5 Å². The minimum Gasteiger partial charge on any atom is -0.376 e. The Labute approximate surface area is 79.5 Å². The Kier molecular flexibility index (Phi) is 2.23. The molecule has 1 nitrogen and oxygen atoms in total. The maximum absolute atomic E-state index is 12.3. The molecule has 1 aliphatic heterocycles. The smallest absolute Gasteiger partial charge is 0.376 e. The van der Waals surface area contributed by atoms with Gasteiger partial charge in [0.15, 0.2) is 0 Å². The number of alkyl halides is 3. The first kappa shape index (κ1) is 9.52. The van der Waals surface area contributed by atoms with Gasteiger partial charge in [-0.05, 0) is 23.3 Å². The summed E-state index contributed by atoms with van der Waals surface area (Å²) in [4.78, 5) is 0. The van der Waals surface area contributed by atoms with E-state index in [1.807, 2.05) is 0 Å². The van der Waals surface area contributed by atoms with Crippen LogP contribution in [0.1, 0.15) is 16.7 Å². The lowest BCUT2D eigenvalue weighted by Crippen LogP contribution is -2.11. The van der Waals surface area contributed by atoms with Crippen LogP contribution in [-0.4, -0.2) is 6.61 Å². The number of benzene rings is 1. The van der Waals surface area contributed by atoms with Gasteiger partial charge in [-0.25, -0.2) is 0 Å². The molecular formula is C10H8F3O. The van der Waals surface area contributed by atoms with Gasteiger partial charge in [-0.15, -0.1) is 0 Å². The summed E-state index contributed by atoms with van der Waals surface area (Å²) >= 11 is 0. The number of rotatable bonds is 0. The predicted octanol–water partition coefficient (Wildman–Crippen LogP) is 2.79. The van der Waals surface area contributed by atoms with E-state index in [4.69, 9.17) is 4.74 Å². The van der Waals surface area contributed by atoms with Crippen LogP contribution in [0.4, 0.5) is 13.2 Å². The molecule has 0 fully saturated rings. The topological polar surface area (TPSA) is 9.23 Å². The normalized spacial score (nSPS) is 16.5. The Balaban J connectivity index is 2.39. The SMILES string of the molecule is FC(F)(F)c1ccc2c(c1)[CH]COC2. The minimum absolute atomic E-state index is 0.383. The van der Waals surface area contributed by atoms with E-state index in [0.29, 0.717) is 18.8 Å². The molecule has 0 bridgehead atoms. The molecule has 14 heavy (non-hydrogen) atoms. The lowest BCUT2D eigenvalue weighted by Gasteiger charge is -2.17. The van der Waals surface area contributed by atoms with Gasteiger partial charge in [0.2, 0.25) is 0 Å². The van der Waals surface area contributed by atoms with Crippen molar-refractivity contribution >= 4 is 0 Å². The number of ether oxygens (including phenoxy) is 1. The number of hydrogen-bond acceptors (Lipinski definition) is 1. The van der Waals surface area contributed by atoms with Crippen LogP contribution in [0.15, 0.2) is 18.2 Å². The summed E-state index contributed by atoms with van der Waals surface area (Å²) in [5.41, 5.74) is 0.838. The van der Waals surface area contributed by atoms with Gasteiger partial charge in [-0.1, -0.05) is 6.07 Å². The summed E-state index contributed by atoms with van der Waals surface area (Å²) in [5, 5.41) is 0. The highest BCUT2D eigenvalue weighted by Crippen LogP contribution is 2.31. The summed E-state index contributed by atoms with van der Waals surface area (Å²) in [6, 6.07) is 3.72. The molecule has 0 spiro atoms. The van der Waals surface area contributed by atoms with Crippen molar-refractivity contribution in [3.8, 4) is 0 Å². The minimum atomic E-state index is -4.26. The molecular weight excluding hydrogens is 193 g/mol. The molecule has 75 valence electrons. The van der Waals surface area contributed by atoms with Crippen molar-refractivity contribution in [3.05, 3.63) is 41.3 Å². The molecule has 1 aliphatic rings. The summed E-state index contributed by atoms with van der Waals surface area (Å²) < 4.78 is 42.0. The van der Waals surface area contributed by atoms with Crippen molar-refractivity contribution in [1.82, 2.24) is 0 Å². The maximum Gasteiger partial charge on any atom is 0.416 e. The highest BCUT2D eigenvalue weighted by atomic mass is 19.4. The summed E-state index contributed by atoms with van der Waals surface area (Å²) in [6.07, 6.45) is -2.60. The van der Waals surface area contributed by atoms with Gasteiger partial charge in [-0.2, -0.15) is 13.2 Å². The average molecular weight is 201 g/mol.